The summed E-state index contributed by atoms with van der Waals surface area (Å²) in [5.74, 6) is -0.626. The minimum absolute atomic E-state index is 0.0655. The minimum atomic E-state index is -1.52. The second kappa shape index (κ2) is 5.64. The van der Waals surface area contributed by atoms with Crippen LogP contribution >= 0.6 is 34.8 Å². The maximum Gasteiger partial charge on any atom is 0.303 e. The summed E-state index contributed by atoms with van der Waals surface area (Å²) in [6.45, 7) is 3.41. The van der Waals surface area contributed by atoms with E-state index in [4.69, 9.17) is 39.5 Å². The van der Waals surface area contributed by atoms with Gasteiger partial charge in [-0.15, -0.1) is 0 Å². The first-order chi connectivity index (χ1) is 11.8. The van der Waals surface area contributed by atoms with Crippen LogP contribution in [0.25, 0.3) is 0 Å². The molecular weight excluding hydrogens is 379 g/mol. The van der Waals surface area contributed by atoms with E-state index in [9.17, 15) is 4.79 Å². The van der Waals surface area contributed by atoms with Crippen molar-refractivity contribution >= 4 is 40.8 Å². The fourth-order valence-electron chi connectivity index (χ4n) is 4.71. The maximum absolute atomic E-state index is 11.8. The minimum Gasteiger partial charge on any atom is -0.457 e. The number of hydrogen-bond donors (Lipinski definition) is 0. The summed E-state index contributed by atoms with van der Waals surface area (Å²) >= 11 is 19.6. The molecule has 4 rings (SSSR count). The normalized spacial score (nSPS) is 29.7. The van der Waals surface area contributed by atoms with Gasteiger partial charge in [-0.2, -0.15) is 0 Å². The molecule has 2 nitrogen and oxygen atoms in total. The Labute approximate surface area is 162 Å². The third-order valence-electron chi connectivity index (χ3n) is 5.71. The van der Waals surface area contributed by atoms with Gasteiger partial charge in [-0.3, -0.25) is 4.79 Å². The molecule has 0 unspecified atom stereocenters. The lowest BCUT2D eigenvalue weighted by atomic mass is 9.62. The van der Waals surface area contributed by atoms with Crippen LogP contribution in [0.3, 0.4) is 0 Å². The molecule has 0 radical (unpaired) electrons. The SMILES string of the molecule is CC(=O)O[C@H]1c2ccccc2[C@@H]2c3ccccc3[C@@H]1[C@@]2(C)C(Cl)(Cl)Cl. The van der Waals surface area contributed by atoms with Crippen LogP contribution in [-0.2, 0) is 9.53 Å². The standard InChI is InChI=1S/C20H17Cl3O2/c1-11(24)25-18-15-10-6-5-9-14(15)16-12-7-3-4-8-13(12)17(18)19(16,2)20(21,22)23/h3-10,16-18H,1-2H3/t16-,17-,18-,19-/m0/s1. The lowest BCUT2D eigenvalue weighted by molar-refractivity contribution is -0.150. The zero-order valence-electron chi connectivity index (χ0n) is 13.8. The Balaban J connectivity index is 2.07. The topological polar surface area (TPSA) is 26.3 Å². The lowest BCUT2D eigenvalue weighted by Gasteiger charge is -2.49. The molecule has 0 aromatic heterocycles. The maximum atomic E-state index is 11.8. The van der Waals surface area contributed by atoms with Crippen molar-refractivity contribution in [3.8, 4) is 0 Å². The molecule has 0 amide bonds. The second-order valence-electron chi connectivity index (χ2n) is 6.98. The number of carbonyl (C=O) groups is 1. The molecule has 25 heavy (non-hydrogen) atoms. The Kier molecular flexibility index (Phi) is 3.88. The molecule has 0 saturated heterocycles. The number of rotatable bonds is 1. The average molecular weight is 396 g/mol. The molecule has 0 saturated carbocycles. The number of benzene rings is 2. The van der Waals surface area contributed by atoms with Crippen LogP contribution in [0.2, 0.25) is 0 Å². The van der Waals surface area contributed by atoms with E-state index in [0.717, 1.165) is 22.3 Å². The third-order valence-corrected chi connectivity index (χ3v) is 6.93. The molecule has 2 aliphatic rings. The van der Waals surface area contributed by atoms with E-state index in [-0.39, 0.29) is 17.8 Å². The van der Waals surface area contributed by atoms with E-state index in [1.165, 1.54) is 6.92 Å². The summed E-state index contributed by atoms with van der Waals surface area (Å²) in [4.78, 5) is 11.8. The summed E-state index contributed by atoms with van der Waals surface area (Å²) in [5, 5.41) is 0. The van der Waals surface area contributed by atoms with Crippen LogP contribution in [-0.4, -0.2) is 9.76 Å². The molecule has 2 aromatic rings. The summed E-state index contributed by atoms with van der Waals surface area (Å²) < 4.78 is 4.26. The van der Waals surface area contributed by atoms with Gasteiger partial charge >= 0.3 is 5.97 Å². The molecule has 0 heterocycles. The fourth-order valence-corrected chi connectivity index (χ4v) is 5.39. The Morgan fingerprint density at radius 1 is 0.960 bits per heavy atom. The number of esters is 1. The van der Waals surface area contributed by atoms with Crippen LogP contribution in [0.1, 0.15) is 54.0 Å². The van der Waals surface area contributed by atoms with E-state index < -0.39 is 15.3 Å². The quantitative estimate of drug-likeness (QED) is 0.443. The van der Waals surface area contributed by atoms with Gasteiger partial charge in [0.05, 0.1) is 0 Å². The monoisotopic (exact) mass is 394 g/mol. The van der Waals surface area contributed by atoms with Gasteiger partial charge in [0.15, 0.2) is 3.79 Å². The lowest BCUT2D eigenvalue weighted by Crippen LogP contribution is -2.45. The van der Waals surface area contributed by atoms with Gasteiger partial charge in [-0.05, 0) is 22.3 Å². The highest BCUT2D eigenvalue weighted by atomic mass is 35.6. The molecule has 0 N–H and O–H groups in total. The summed E-state index contributed by atoms with van der Waals surface area (Å²) in [6.07, 6.45) is -0.478. The number of halogens is 3. The number of carbonyl (C=O) groups excluding carboxylic acids is 1. The molecule has 2 aliphatic carbocycles. The summed E-state index contributed by atoms with van der Waals surface area (Å²) in [7, 11) is 0. The van der Waals surface area contributed by atoms with Crippen molar-refractivity contribution in [2.45, 2.75) is 35.6 Å². The number of alkyl halides is 3. The van der Waals surface area contributed by atoms with E-state index in [0.29, 0.717) is 0 Å². The highest BCUT2D eigenvalue weighted by molar-refractivity contribution is 6.68. The van der Waals surface area contributed by atoms with Gasteiger partial charge < -0.3 is 4.74 Å². The van der Waals surface area contributed by atoms with E-state index in [1.54, 1.807) is 0 Å². The van der Waals surface area contributed by atoms with Gasteiger partial charge in [0.1, 0.15) is 6.10 Å². The average Bonchev–Trinajstić information content (AvgIpc) is 2.74. The summed E-state index contributed by atoms with van der Waals surface area (Å²) in [5.41, 5.74) is 3.56. The third kappa shape index (κ3) is 2.27. The van der Waals surface area contributed by atoms with Crippen molar-refractivity contribution in [1.29, 1.82) is 0 Å². The van der Waals surface area contributed by atoms with Crippen LogP contribution in [0.4, 0.5) is 0 Å². The van der Waals surface area contributed by atoms with E-state index in [1.807, 2.05) is 43.3 Å². The Morgan fingerprint density at radius 3 is 1.96 bits per heavy atom. The van der Waals surface area contributed by atoms with Crippen LogP contribution in [0.15, 0.2) is 48.5 Å². The van der Waals surface area contributed by atoms with E-state index >= 15 is 0 Å². The molecule has 2 aromatic carbocycles. The van der Waals surface area contributed by atoms with Crippen molar-refractivity contribution < 1.29 is 9.53 Å². The largest absolute Gasteiger partial charge is 0.457 e. The second-order valence-corrected chi connectivity index (χ2v) is 9.26. The van der Waals surface area contributed by atoms with Crippen molar-refractivity contribution in [2.24, 2.45) is 5.41 Å². The van der Waals surface area contributed by atoms with Gasteiger partial charge in [0.25, 0.3) is 0 Å². The van der Waals surface area contributed by atoms with Crippen LogP contribution in [0.5, 0.6) is 0 Å². The smallest absolute Gasteiger partial charge is 0.303 e. The number of ether oxygens (including phenoxy) is 1. The van der Waals surface area contributed by atoms with E-state index in [2.05, 4.69) is 12.1 Å². The molecule has 0 aliphatic heterocycles. The number of fused-ring (bicyclic) bond motifs is 7. The molecule has 5 heteroatoms. The zero-order chi connectivity index (χ0) is 18.0. The zero-order valence-corrected chi connectivity index (χ0v) is 16.1. The fraction of sp³-hybridized carbons (Fsp3) is 0.350. The molecule has 4 atom stereocenters. The molecule has 2 bridgehead atoms. The Bertz CT molecular complexity index is 858. The van der Waals surface area contributed by atoms with Gasteiger partial charge in [-0.25, -0.2) is 0 Å². The van der Waals surface area contributed by atoms with Crippen molar-refractivity contribution in [3.63, 3.8) is 0 Å². The van der Waals surface area contributed by atoms with Crippen LogP contribution in [0, 0.1) is 5.41 Å². The van der Waals surface area contributed by atoms with Crippen molar-refractivity contribution in [2.75, 3.05) is 0 Å². The van der Waals surface area contributed by atoms with Crippen molar-refractivity contribution in [3.05, 3.63) is 70.8 Å². The Hall–Kier alpha value is -1.22. The first kappa shape index (κ1) is 17.2. The van der Waals surface area contributed by atoms with Gasteiger partial charge in [0, 0.05) is 24.2 Å². The molecule has 0 fully saturated rings. The molecule has 130 valence electrons. The first-order valence-corrected chi connectivity index (χ1v) is 9.31. The predicted octanol–water partition coefficient (Wildman–Crippen LogP) is 5.91. The first-order valence-electron chi connectivity index (χ1n) is 8.18. The molecule has 0 spiro atoms. The predicted molar refractivity (Wildman–Crippen MR) is 100 cm³/mol. The summed E-state index contributed by atoms with van der Waals surface area (Å²) in [6, 6.07) is 16.1. The van der Waals surface area contributed by atoms with Gasteiger partial charge in [0.2, 0.25) is 0 Å². The highest BCUT2D eigenvalue weighted by Crippen LogP contribution is 2.72. The molecular formula is C20H17Cl3O2. The Morgan fingerprint density at radius 2 is 1.44 bits per heavy atom. The van der Waals surface area contributed by atoms with Crippen molar-refractivity contribution in [1.82, 2.24) is 0 Å². The number of hydrogen-bond acceptors (Lipinski definition) is 2. The van der Waals surface area contributed by atoms with Crippen LogP contribution < -0.4 is 0 Å². The highest BCUT2D eigenvalue weighted by Gasteiger charge is 2.66. The van der Waals surface area contributed by atoms with Gasteiger partial charge in [-0.1, -0.05) is 90.3 Å².